The van der Waals surface area contributed by atoms with Crippen LogP contribution in [0.25, 0.3) is 44.1 Å². The third-order valence-electron chi connectivity index (χ3n) is 7.96. The van der Waals surface area contributed by atoms with E-state index >= 15 is 0 Å². The van der Waals surface area contributed by atoms with E-state index in [1.54, 1.807) is 4.68 Å². The number of fused-ring (bicyclic) bond motifs is 1. The van der Waals surface area contributed by atoms with Crippen LogP contribution in [0.3, 0.4) is 0 Å². The molecule has 4 aromatic heterocycles. The Morgan fingerprint density at radius 1 is 0.913 bits per heavy atom. The van der Waals surface area contributed by atoms with E-state index in [2.05, 4.69) is 31.1 Å². The molecule has 0 bridgehead atoms. The van der Waals surface area contributed by atoms with Gasteiger partial charge >= 0.3 is 0 Å². The topological polar surface area (TPSA) is 103 Å². The number of nitrogens with one attached hydrogen (secondary N) is 1. The van der Waals surface area contributed by atoms with Crippen LogP contribution in [0.15, 0.2) is 98.1 Å². The first kappa shape index (κ1) is 30.2. The third kappa shape index (κ3) is 5.16. The number of nitrogens with zero attached hydrogens (tertiary/aromatic N) is 6. The zero-order valence-corrected chi connectivity index (χ0v) is 28.6. The van der Waals surface area contributed by atoms with Gasteiger partial charge in [0.15, 0.2) is 11.0 Å². The van der Waals surface area contributed by atoms with Crippen LogP contribution in [0.4, 0.5) is 0 Å². The van der Waals surface area contributed by atoms with Crippen molar-refractivity contribution >= 4 is 49.2 Å². The van der Waals surface area contributed by atoms with Gasteiger partial charge in [-0.1, -0.05) is 93.9 Å². The van der Waals surface area contributed by atoms with E-state index in [0.29, 0.717) is 38.5 Å². The second-order valence-electron chi connectivity index (χ2n) is 10.9. The zero-order valence-electron chi connectivity index (χ0n) is 25.4. The van der Waals surface area contributed by atoms with Crippen LogP contribution >= 0.6 is 39.0 Å². The van der Waals surface area contributed by atoms with Gasteiger partial charge in [0.1, 0.15) is 16.3 Å². The highest BCUT2D eigenvalue weighted by atomic mass is 79.9. The lowest BCUT2D eigenvalue weighted by atomic mass is 10.0. The number of aromatic amines is 1. The molecule has 7 rings (SSSR count). The molecule has 7 aromatic rings. The Morgan fingerprint density at radius 2 is 1.63 bits per heavy atom. The zero-order chi connectivity index (χ0) is 32.1. The van der Waals surface area contributed by atoms with Crippen molar-refractivity contribution in [2.75, 3.05) is 0 Å². The van der Waals surface area contributed by atoms with Gasteiger partial charge in [-0.15, -0.1) is 21.5 Å². The molecule has 46 heavy (non-hydrogen) atoms. The Bertz CT molecular complexity index is 2370. The molecule has 1 N–H and O–H groups in total. The smallest absolute Gasteiger partial charge is 0.296 e. The molecule has 0 unspecified atom stereocenters. The van der Waals surface area contributed by atoms with Gasteiger partial charge in [-0.05, 0) is 44.5 Å². The summed E-state index contributed by atoms with van der Waals surface area (Å²) < 4.78 is 6.11. The number of aryl methyl sites for hydroxylation is 2. The van der Waals surface area contributed by atoms with E-state index in [0.717, 1.165) is 43.0 Å². The van der Waals surface area contributed by atoms with Crippen LogP contribution in [-0.2, 0) is 12.8 Å². The molecule has 0 fully saturated rings. The average molecular weight is 711 g/mol. The number of para-hydroxylation sites is 1. The van der Waals surface area contributed by atoms with E-state index < -0.39 is 0 Å². The summed E-state index contributed by atoms with van der Waals surface area (Å²) in [5, 5.41) is 10.2. The maximum Gasteiger partial charge on any atom is 0.296 e. The molecule has 0 radical (unpaired) electrons. The highest BCUT2D eigenvalue weighted by molar-refractivity contribution is 9.10. The normalized spacial score (nSPS) is 11.5. The summed E-state index contributed by atoms with van der Waals surface area (Å²) in [6.45, 7) is 5.97. The standard InChI is InChI=1S/C34H28BrN7O2S2/c1-19-14-16-22(17-15-19)27-21(3)46-32-28(27)31(43)36-26(37-32)18-45-34-39-38-30(24-12-8-9-13-25(24)35)41(34)29-20(2)40(4)42(33(29)44)23-10-6-5-7-11-23/h5-17H,18H2,1-4H3,(H,36,37,43). The van der Waals surface area contributed by atoms with Crippen molar-refractivity contribution < 1.29 is 0 Å². The maximum atomic E-state index is 14.2. The number of thioether (sulfide) groups is 1. The molecule has 0 saturated heterocycles. The lowest BCUT2D eigenvalue weighted by Crippen LogP contribution is -2.21. The maximum absolute atomic E-state index is 14.2. The first-order chi connectivity index (χ1) is 22.2. The number of hydrogen-bond acceptors (Lipinski definition) is 7. The van der Waals surface area contributed by atoms with E-state index in [1.807, 2.05) is 116 Å². The van der Waals surface area contributed by atoms with Crippen molar-refractivity contribution in [1.82, 2.24) is 34.1 Å². The first-order valence-electron chi connectivity index (χ1n) is 14.5. The fraction of sp³-hybridized carbons (Fsp3) is 0.147. The predicted molar refractivity (Wildman–Crippen MR) is 189 cm³/mol. The number of H-pyrrole nitrogens is 1. The fourth-order valence-electron chi connectivity index (χ4n) is 5.63. The SMILES string of the molecule is Cc1ccc(-c2c(C)sc3nc(CSc4nnc(-c5ccccc5Br)n4-c4c(C)n(C)n(-c5ccccc5)c4=O)[nH]c(=O)c23)cc1. The van der Waals surface area contributed by atoms with Crippen LogP contribution in [0.2, 0.25) is 0 Å². The Kier molecular flexibility index (Phi) is 7.87. The lowest BCUT2D eigenvalue weighted by Gasteiger charge is -2.10. The number of benzene rings is 3. The minimum atomic E-state index is -0.202. The summed E-state index contributed by atoms with van der Waals surface area (Å²) in [6.07, 6.45) is 0. The summed E-state index contributed by atoms with van der Waals surface area (Å²) in [4.78, 5) is 37.2. The molecule has 0 aliphatic carbocycles. The molecule has 230 valence electrons. The molecule has 3 aromatic carbocycles. The van der Waals surface area contributed by atoms with E-state index in [9.17, 15) is 9.59 Å². The molecule has 0 atom stereocenters. The van der Waals surface area contributed by atoms with Crippen molar-refractivity contribution in [2.45, 2.75) is 31.7 Å². The summed E-state index contributed by atoms with van der Waals surface area (Å²) >= 11 is 6.52. The van der Waals surface area contributed by atoms with Crippen LogP contribution in [0.1, 0.15) is 22.0 Å². The van der Waals surface area contributed by atoms with Gasteiger partial charge < -0.3 is 4.98 Å². The Hall–Kier alpha value is -4.52. The third-order valence-corrected chi connectivity index (χ3v) is 10.6. The Labute approximate surface area is 280 Å². The number of halogens is 1. The van der Waals surface area contributed by atoms with Crippen LogP contribution in [0, 0.1) is 20.8 Å². The van der Waals surface area contributed by atoms with Crippen molar-refractivity contribution in [1.29, 1.82) is 0 Å². The minimum Gasteiger partial charge on any atom is -0.309 e. The largest absolute Gasteiger partial charge is 0.309 e. The summed E-state index contributed by atoms with van der Waals surface area (Å²) in [6, 6.07) is 25.4. The molecule has 0 aliphatic heterocycles. The monoisotopic (exact) mass is 709 g/mol. The second kappa shape index (κ2) is 12.0. The van der Waals surface area contributed by atoms with Gasteiger partial charge in [0.2, 0.25) is 0 Å². The molecule has 0 saturated carbocycles. The van der Waals surface area contributed by atoms with Crippen molar-refractivity contribution in [3.63, 3.8) is 0 Å². The Morgan fingerprint density at radius 3 is 2.37 bits per heavy atom. The molecule has 12 heteroatoms. The molecule has 0 aliphatic rings. The minimum absolute atomic E-state index is 0.180. The van der Waals surface area contributed by atoms with Gasteiger partial charge in [0.05, 0.1) is 22.5 Å². The number of thiophene rings is 1. The molecule has 0 spiro atoms. The van der Waals surface area contributed by atoms with E-state index in [1.165, 1.54) is 23.1 Å². The molecular weight excluding hydrogens is 682 g/mol. The number of rotatable bonds is 7. The first-order valence-corrected chi connectivity index (χ1v) is 17.1. The summed E-state index contributed by atoms with van der Waals surface area (Å²) in [5.74, 6) is 1.35. The van der Waals surface area contributed by atoms with Crippen LogP contribution < -0.4 is 11.1 Å². The average Bonchev–Trinajstić information content (AvgIpc) is 3.67. The summed E-state index contributed by atoms with van der Waals surface area (Å²) in [7, 11) is 1.86. The van der Waals surface area contributed by atoms with E-state index in [4.69, 9.17) is 4.98 Å². The van der Waals surface area contributed by atoms with Crippen molar-refractivity contribution in [3.05, 3.63) is 126 Å². The number of hydrogen-bond donors (Lipinski definition) is 1. The quantitative estimate of drug-likeness (QED) is 0.173. The molecular formula is C34H28BrN7O2S2. The van der Waals surface area contributed by atoms with Crippen molar-refractivity contribution in [2.24, 2.45) is 7.05 Å². The van der Waals surface area contributed by atoms with Crippen LogP contribution in [-0.4, -0.2) is 34.1 Å². The van der Waals surface area contributed by atoms with Crippen molar-refractivity contribution in [3.8, 4) is 33.9 Å². The lowest BCUT2D eigenvalue weighted by molar-refractivity contribution is 0.630. The summed E-state index contributed by atoms with van der Waals surface area (Å²) in [5.41, 5.74) is 5.42. The number of aromatic nitrogens is 7. The fourth-order valence-corrected chi connectivity index (χ4v) is 7.96. The van der Waals surface area contributed by atoms with Gasteiger partial charge in [-0.25, -0.2) is 9.67 Å². The molecule has 4 heterocycles. The van der Waals surface area contributed by atoms with Gasteiger partial charge in [-0.3, -0.25) is 18.8 Å². The highest BCUT2D eigenvalue weighted by Gasteiger charge is 2.26. The molecule has 9 nitrogen and oxygen atoms in total. The highest BCUT2D eigenvalue weighted by Crippen LogP contribution is 2.37. The van der Waals surface area contributed by atoms with Crippen LogP contribution in [0.5, 0.6) is 0 Å². The molecule has 0 amide bonds. The van der Waals surface area contributed by atoms with Gasteiger partial charge in [0.25, 0.3) is 11.1 Å². The predicted octanol–water partition coefficient (Wildman–Crippen LogP) is 7.37. The Balaban J connectivity index is 1.32. The van der Waals surface area contributed by atoms with Gasteiger partial charge in [-0.2, -0.15) is 0 Å². The van der Waals surface area contributed by atoms with Gasteiger partial charge in [0, 0.05) is 27.5 Å². The van der Waals surface area contributed by atoms with E-state index in [-0.39, 0.29) is 11.1 Å². The second-order valence-corrected chi connectivity index (χ2v) is 13.9.